The van der Waals surface area contributed by atoms with Crippen LogP contribution in [0.5, 0.6) is 0 Å². The zero-order chi connectivity index (χ0) is 8.48. The first-order valence-electron chi connectivity index (χ1n) is 3.35. The standard InChI is InChI=1S/C7H11N3O.ClH/c1-7(2,8)6-9-4-3-5(11)10-6;/h3-4H,8H2,1-2H3,(H,9,10,11);1H. The van der Waals surface area contributed by atoms with Gasteiger partial charge in [-0.3, -0.25) is 4.79 Å². The molecule has 4 nitrogen and oxygen atoms in total. The summed E-state index contributed by atoms with van der Waals surface area (Å²) in [6.45, 7) is 3.57. The van der Waals surface area contributed by atoms with E-state index in [4.69, 9.17) is 5.73 Å². The summed E-state index contributed by atoms with van der Waals surface area (Å²) in [4.78, 5) is 17.3. The van der Waals surface area contributed by atoms with Gasteiger partial charge in [-0.15, -0.1) is 12.4 Å². The minimum Gasteiger partial charge on any atom is -0.319 e. The van der Waals surface area contributed by atoms with Crippen molar-refractivity contribution in [1.29, 1.82) is 0 Å². The van der Waals surface area contributed by atoms with Gasteiger partial charge in [-0.1, -0.05) is 0 Å². The zero-order valence-electron chi connectivity index (χ0n) is 7.00. The van der Waals surface area contributed by atoms with Crippen LogP contribution in [0.3, 0.4) is 0 Å². The fourth-order valence-corrected chi connectivity index (χ4v) is 0.698. The van der Waals surface area contributed by atoms with Crippen LogP contribution in [0.2, 0.25) is 0 Å². The Morgan fingerprint density at radius 1 is 1.58 bits per heavy atom. The highest BCUT2D eigenvalue weighted by Crippen LogP contribution is 2.07. The first kappa shape index (κ1) is 11.1. The quantitative estimate of drug-likeness (QED) is 0.671. The smallest absolute Gasteiger partial charge is 0.250 e. The van der Waals surface area contributed by atoms with E-state index in [1.807, 2.05) is 0 Å². The summed E-state index contributed by atoms with van der Waals surface area (Å²) in [6.07, 6.45) is 1.45. The summed E-state index contributed by atoms with van der Waals surface area (Å²) in [5, 5.41) is 0. The van der Waals surface area contributed by atoms with E-state index in [-0.39, 0.29) is 18.0 Å². The number of hydrogen-bond acceptors (Lipinski definition) is 3. The molecule has 0 unspecified atom stereocenters. The van der Waals surface area contributed by atoms with Crippen LogP contribution in [-0.2, 0) is 5.54 Å². The number of hydrogen-bond donors (Lipinski definition) is 2. The summed E-state index contributed by atoms with van der Waals surface area (Å²) in [5.74, 6) is 0.505. The number of H-pyrrole nitrogens is 1. The van der Waals surface area contributed by atoms with Crippen LogP contribution < -0.4 is 11.3 Å². The number of nitrogens with one attached hydrogen (secondary N) is 1. The Kier molecular flexibility index (Phi) is 3.42. The summed E-state index contributed by atoms with van der Waals surface area (Å²) >= 11 is 0. The Labute approximate surface area is 76.6 Å². The zero-order valence-corrected chi connectivity index (χ0v) is 7.81. The first-order valence-corrected chi connectivity index (χ1v) is 3.35. The van der Waals surface area contributed by atoms with E-state index in [0.717, 1.165) is 0 Å². The van der Waals surface area contributed by atoms with Crippen LogP contribution in [0, 0.1) is 0 Å². The lowest BCUT2D eigenvalue weighted by molar-refractivity contribution is 0.511. The van der Waals surface area contributed by atoms with E-state index in [0.29, 0.717) is 5.82 Å². The van der Waals surface area contributed by atoms with E-state index in [1.54, 1.807) is 13.8 Å². The molecular formula is C7H12ClN3O. The molecule has 1 heterocycles. The predicted molar refractivity (Wildman–Crippen MR) is 49.3 cm³/mol. The van der Waals surface area contributed by atoms with E-state index in [1.165, 1.54) is 12.3 Å². The Morgan fingerprint density at radius 2 is 2.17 bits per heavy atom. The van der Waals surface area contributed by atoms with Crippen molar-refractivity contribution in [1.82, 2.24) is 9.97 Å². The lowest BCUT2D eigenvalue weighted by Crippen LogP contribution is -2.33. The Morgan fingerprint density at radius 3 is 2.50 bits per heavy atom. The van der Waals surface area contributed by atoms with Crippen LogP contribution in [0.25, 0.3) is 0 Å². The summed E-state index contributed by atoms with van der Waals surface area (Å²) in [7, 11) is 0. The lowest BCUT2D eigenvalue weighted by atomic mass is 10.1. The minimum absolute atomic E-state index is 0. The molecule has 0 radical (unpaired) electrons. The molecule has 1 aromatic heterocycles. The lowest BCUT2D eigenvalue weighted by Gasteiger charge is -2.15. The van der Waals surface area contributed by atoms with Gasteiger partial charge in [0.1, 0.15) is 5.82 Å². The van der Waals surface area contributed by atoms with Gasteiger partial charge in [-0.05, 0) is 13.8 Å². The molecule has 0 amide bonds. The summed E-state index contributed by atoms with van der Waals surface area (Å²) in [5.41, 5.74) is 4.94. The Hall–Kier alpha value is -0.870. The van der Waals surface area contributed by atoms with Gasteiger partial charge in [0.05, 0.1) is 5.54 Å². The molecular weight excluding hydrogens is 178 g/mol. The molecule has 0 bridgehead atoms. The maximum absolute atomic E-state index is 10.8. The van der Waals surface area contributed by atoms with Crippen LogP contribution in [0.4, 0.5) is 0 Å². The van der Waals surface area contributed by atoms with Crippen molar-refractivity contribution in [2.24, 2.45) is 5.73 Å². The van der Waals surface area contributed by atoms with Crippen molar-refractivity contribution in [3.63, 3.8) is 0 Å². The van der Waals surface area contributed by atoms with Crippen molar-refractivity contribution in [2.45, 2.75) is 19.4 Å². The third kappa shape index (κ3) is 2.64. The number of nitrogens with zero attached hydrogens (tertiary/aromatic N) is 1. The van der Waals surface area contributed by atoms with E-state index in [2.05, 4.69) is 9.97 Å². The number of rotatable bonds is 1. The molecule has 12 heavy (non-hydrogen) atoms. The SMILES string of the molecule is CC(C)(N)c1nccc(=O)[nH]1.Cl. The van der Waals surface area contributed by atoms with Crippen LogP contribution in [0.1, 0.15) is 19.7 Å². The second kappa shape index (κ2) is 3.69. The van der Waals surface area contributed by atoms with Gasteiger partial charge >= 0.3 is 0 Å². The van der Waals surface area contributed by atoms with Crippen LogP contribution >= 0.6 is 12.4 Å². The molecule has 0 saturated heterocycles. The molecule has 0 atom stereocenters. The van der Waals surface area contributed by atoms with Crippen LogP contribution in [0.15, 0.2) is 17.1 Å². The van der Waals surface area contributed by atoms with Gasteiger partial charge in [0.15, 0.2) is 0 Å². The fraction of sp³-hybridized carbons (Fsp3) is 0.429. The maximum Gasteiger partial charge on any atom is 0.250 e. The van der Waals surface area contributed by atoms with Crippen molar-refractivity contribution >= 4 is 12.4 Å². The van der Waals surface area contributed by atoms with Gasteiger partial charge < -0.3 is 10.7 Å². The van der Waals surface area contributed by atoms with Crippen molar-refractivity contribution in [2.75, 3.05) is 0 Å². The number of aromatic amines is 1. The normalized spacial score (nSPS) is 10.6. The Bertz CT molecular complexity index is 302. The summed E-state index contributed by atoms with van der Waals surface area (Å²) < 4.78 is 0. The first-order chi connectivity index (χ1) is 5.00. The second-order valence-corrected chi connectivity index (χ2v) is 3.00. The highest BCUT2D eigenvalue weighted by Gasteiger charge is 2.15. The van der Waals surface area contributed by atoms with Crippen molar-refractivity contribution < 1.29 is 0 Å². The maximum atomic E-state index is 10.8. The molecule has 1 aromatic rings. The molecule has 3 N–H and O–H groups in total. The molecule has 0 fully saturated rings. The highest BCUT2D eigenvalue weighted by molar-refractivity contribution is 5.85. The predicted octanol–water partition coefficient (Wildman–Crippen LogP) is 0.386. The molecule has 0 aliphatic rings. The monoisotopic (exact) mass is 189 g/mol. The Balaban J connectivity index is 0.00000121. The van der Waals surface area contributed by atoms with E-state index < -0.39 is 5.54 Å². The fourth-order valence-electron chi connectivity index (χ4n) is 0.698. The molecule has 0 aliphatic heterocycles. The van der Waals surface area contributed by atoms with Gasteiger partial charge in [-0.2, -0.15) is 0 Å². The summed E-state index contributed by atoms with van der Waals surface area (Å²) in [6, 6.07) is 1.36. The van der Waals surface area contributed by atoms with Gasteiger partial charge in [0, 0.05) is 12.3 Å². The molecule has 0 aliphatic carbocycles. The molecule has 1 rings (SSSR count). The largest absolute Gasteiger partial charge is 0.319 e. The number of aromatic nitrogens is 2. The minimum atomic E-state index is -0.583. The highest BCUT2D eigenvalue weighted by atomic mass is 35.5. The van der Waals surface area contributed by atoms with Crippen molar-refractivity contribution in [3.8, 4) is 0 Å². The average molecular weight is 190 g/mol. The topological polar surface area (TPSA) is 71.8 Å². The third-order valence-electron chi connectivity index (χ3n) is 1.28. The molecule has 0 saturated carbocycles. The van der Waals surface area contributed by atoms with Gasteiger partial charge in [0.2, 0.25) is 0 Å². The van der Waals surface area contributed by atoms with Gasteiger partial charge in [0.25, 0.3) is 5.56 Å². The molecule has 0 aromatic carbocycles. The number of nitrogens with two attached hydrogens (primary N) is 1. The van der Waals surface area contributed by atoms with E-state index in [9.17, 15) is 4.79 Å². The number of halogens is 1. The molecule has 68 valence electrons. The molecule has 0 spiro atoms. The third-order valence-corrected chi connectivity index (χ3v) is 1.28. The van der Waals surface area contributed by atoms with Crippen molar-refractivity contribution in [3.05, 3.63) is 28.4 Å². The molecule has 5 heteroatoms. The van der Waals surface area contributed by atoms with Gasteiger partial charge in [-0.25, -0.2) is 4.98 Å². The van der Waals surface area contributed by atoms with Crippen LogP contribution in [-0.4, -0.2) is 9.97 Å². The van der Waals surface area contributed by atoms with E-state index >= 15 is 0 Å². The second-order valence-electron chi connectivity index (χ2n) is 3.00. The average Bonchev–Trinajstić information content (AvgIpc) is 1.86.